The fourth-order valence-electron chi connectivity index (χ4n) is 4.99. The van der Waals surface area contributed by atoms with Crippen LogP contribution in [0.3, 0.4) is 0 Å². The number of ketones is 1. The summed E-state index contributed by atoms with van der Waals surface area (Å²) in [6.07, 6.45) is 5.25. The smallest absolute Gasteiger partial charge is 0.315 e. The van der Waals surface area contributed by atoms with Crippen molar-refractivity contribution in [2.75, 3.05) is 25.4 Å². The number of amides is 5. The van der Waals surface area contributed by atoms with E-state index in [0.717, 1.165) is 19.3 Å². The summed E-state index contributed by atoms with van der Waals surface area (Å²) in [5.74, 6) is -2.72. The Kier molecular flexibility index (Phi) is 11.7. The predicted molar refractivity (Wildman–Crippen MR) is 141 cm³/mol. The average Bonchev–Trinajstić information content (AvgIpc) is 3.33. The molecule has 13 heteroatoms. The normalized spacial score (nSPS) is 20.7. The van der Waals surface area contributed by atoms with E-state index < -0.39 is 70.2 Å². The molecule has 1 unspecified atom stereocenters. The highest BCUT2D eigenvalue weighted by Gasteiger charge is 2.43. The van der Waals surface area contributed by atoms with E-state index in [4.69, 9.17) is 0 Å². The molecule has 216 valence electrons. The summed E-state index contributed by atoms with van der Waals surface area (Å²) in [6, 6.07) is -2.46. The zero-order chi connectivity index (χ0) is 28.5. The maximum Gasteiger partial charge on any atom is 0.315 e. The minimum atomic E-state index is -2.34. The van der Waals surface area contributed by atoms with Gasteiger partial charge in [-0.05, 0) is 37.5 Å². The van der Waals surface area contributed by atoms with Gasteiger partial charge in [0.25, 0.3) is 5.91 Å². The zero-order valence-corrected chi connectivity index (χ0v) is 23.7. The first kappa shape index (κ1) is 31.7. The number of nitrogens with one attached hydrogen (secondary N) is 4. The first-order valence-electron chi connectivity index (χ1n) is 13.3. The second-order valence-corrected chi connectivity index (χ2v) is 12.2. The first-order chi connectivity index (χ1) is 17.8. The van der Waals surface area contributed by atoms with Crippen LogP contribution in [0, 0.1) is 5.41 Å². The molecule has 0 spiro atoms. The Morgan fingerprint density at radius 1 is 1.05 bits per heavy atom. The second kappa shape index (κ2) is 14.0. The molecule has 1 aliphatic carbocycles. The monoisotopic (exact) mass is 556 g/mol. The van der Waals surface area contributed by atoms with Crippen molar-refractivity contribution >= 4 is 40.6 Å². The lowest BCUT2D eigenvalue weighted by Gasteiger charge is -2.40. The van der Waals surface area contributed by atoms with E-state index in [1.165, 1.54) is 4.90 Å². The van der Waals surface area contributed by atoms with Crippen molar-refractivity contribution in [3.63, 3.8) is 0 Å². The van der Waals surface area contributed by atoms with Crippen LogP contribution in [-0.4, -0.2) is 86.2 Å². The maximum absolute atomic E-state index is 13.6. The number of Topliss-reactive ketones (excluding diaryl/α,β-unsaturated/α-hetero) is 1. The molecule has 4 N–H and O–H groups in total. The maximum atomic E-state index is 13.6. The van der Waals surface area contributed by atoms with E-state index >= 15 is 0 Å². The lowest BCUT2D eigenvalue weighted by molar-refractivity contribution is -0.142. The third-order valence-corrected chi connectivity index (χ3v) is 7.81. The van der Waals surface area contributed by atoms with Gasteiger partial charge >= 0.3 is 6.03 Å². The van der Waals surface area contributed by atoms with E-state index in [9.17, 15) is 32.7 Å². The molecule has 0 aromatic rings. The Morgan fingerprint density at radius 3 is 2.29 bits per heavy atom. The molecule has 1 saturated heterocycles. The highest BCUT2D eigenvalue weighted by atomic mass is 32.2. The third-order valence-electron chi connectivity index (χ3n) is 7.02. The number of nitrogens with zero attached hydrogens (tertiary/aromatic N) is 1. The predicted octanol–water partition coefficient (Wildman–Crippen LogP) is 0.485. The minimum Gasteiger partial charge on any atom is -0.772 e. The van der Waals surface area contributed by atoms with Gasteiger partial charge in [0.15, 0.2) is 0 Å². The van der Waals surface area contributed by atoms with Gasteiger partial charge in [0, 0.05) is 18.8 Å². The number of hydrogen-bond acceptors (Lipinski definition) is 7. The van der Waals surface area contributed by atoms with Crippen molar-refractivity contribution in [1.29, 1.82) is 0 Å². The number of hydrogen-bond donors (Lipinski definition) is 4. The summed E-state index contributed by atoms with van der Waals surface area (Å²) in [6.45, 7) is 7.40. The molecular weight excluding hydrogens is 514 g/mol. The number of urea groups is 1. The molecule has 1 heterocycles. The van der Waals surface area contributed by atoms with E-state index in [2.05, 4.69) is 21.3 Å². The van der Waals surface area contributed by atoms with Crippen LogP contribution in [0.2, 0.25) is 0 Å². The zero-order valence-electron chi connectivity index (χ0n) is 22.9. The lowest BCUT2D eigenvalue weighted by Crippen LogP contribution is -2.62. The molecule has 5 amide bonds. The van der Waals surface area contributed by atoms with Crippen LogP contribution in [0.25, 0.3) is 0 Å². The van der Waals surface area contributed by atoms with Gasteiger partial charge in [0.05, 0.1) is 12.1 Å². The molecule has 1 saturated carbocycles. The van der Waals surface area contributed by atoms with Crippen molar-refractivity contribution in [3.05, 3.63) is 0 Å². The molecule has 2 fully saturated rings. The van der Waals surface area contributed by atoms with Crippen LogP contribution in [0.15, 0.2) is 0 Å². The van der Waals surface area contributed by atoms with Crippen molar-refractivity contribution in [1.82, 2.24) is 26.2 Å². The van der Waals surface area contributed by atoms with Crippen molar-refractivity contribution in [2.24, 2.45) is 5.41 Å². The summed E-state index contributed by atoms with van der Waals surface area (Å²) in [5, 5.41) is 10.5. The largest absolute Gasteiger partial charge is 0.772 e. The number of carbonyl (C=O) groups is 5. The van der Waals surface area contributed by atoms with E-state index in [0.29, 0.717) is 45.2 Å². The molecule has 2 rings (SSSR count). The number of likely N-dealkylation sites (tertiary alicyclic amines) is 1. The van der Waals surface area contributed by atoms with Crippen LogP contribution in [-0.2, 0) is 30.3 Å². The van der Waals surface area contributed by atoms with Crippen LogP contribution < -0.4 is 21.3 Å². The van der Waals surface area contributed by atoms with Crippen molar-refractivity contribution in [3.8, 4) is 0 Å². The summed E-state index contributed by atoms with van der Waals surface area (Å²) in [5.41, 5.74) is -1.60. The molecule has 0 aromatic heterocycles. The van der Waals surface area contributed by atoms with Crippen LogP contribution in [0.5, 0.6) is 0 Å². The highest BCUT2D eigenvalue weighted by Crippen LogP contribution is 2.30. The highest BCUT2D eigenvalue weighted by molar-refractivity contribution is 7.79. The molecule has 0 bridgehead atoms. The quantitative estimate of drug-likeness (QED) is 0.211. The fraction of sp³-hybridized carbons (Fsp3) is 0.800. The topological polar surface area (TPSA) is 177 Å². The van der Waals surface area contributed by atoms with Gasteiger partial charge < -0.3 is 30.7 Å². The summed E-state index contributed by atoms with van der Waals surface area (Å²) in [4.78, 5) is 64.7. The Hall–Kier alpha value is -2.54. The molecule has 0 radical (unpaired) electrons. The average molecular weight is 557 g/mol. The standard InChI is InChI=1S/C25H43N5O7S/c1-5-13-26-21(33)18(31)15-27-20(32)17-10-9-14-30(17)22(34)19(24(2,3)4)28-23(35)29-25(16-38(36)37)11-7-6-8-12-25/h17,19H,5-16H2,1-4H3,(H,26,33)(H,27,32)(H,36,37)(H2,28,29,35)/p-1/t17-,19+/m0/s1. The van der Waals surface area contributed by atoms with E-state index in [1.807, 2.05) is 6.92 Å². The Labute approximate surface area is 227 Å². The SMILES string of the molecule is CCCNC(=O)C(=O)CNC(=O)[C@@H]1CCCN1C(=O)[C@@H](NC(=O)NC1(CS(=O)[O-])CCCCC1)C(C)(C)C. The van der Waals surface area contributed by atoms with Gasteiger partial charge in [-0.25, -0.2) is 4.79 Å². The van der Waals surface area contributed by atoms with Crippen LogP contribution >= 0.6 is 0 Å². The summed E-state index contributed by atoms with van der Waals surface area (Å²) >= 11 is -2.34. The molecule has 2 aliphatic rings. The van der Waals surface area contributed by atoms with E-state index in [1.54, 1.807) is 20.8 Å². The number of rotatable bonds is 11. The first-order valence-corrected chi connectivity index (χ1v) is 14.6. The minimum absolute atomic E-state index is 0.196. The fourth-order valence-corrected chi connectivity index (χ4v) is 5.80. The van der Waals surface area contributed by atoms with Gasteiger partial charge in [-0.15, -0.1) is 0 Å². The van der Waals surface area contributed by atoms with Gasteiger partial charge in [-0.2, -0.15) is 0 Å². The molecule has 38 heavy (non-hydrogen) atoms. The Balaban J connectivity index is 2.08. The number of carbonyl (C=O) groups excluding carboxylic acids is 5. The summed E-state index contributed by atoms with van der Waals surface area (Å²) < 4.78 is 23.0. The van der Waals surface area contributed by atoms with Crippen molar-refractivity contribution < 1.29 is 32.7 Å². The van der Waals surface area contributed by atoms with Crippen LogP contribution in [0.1, 0.15) is 79.1 Å². The third kappa shape index (κ3) is 9.04. The van der Waals surface area contributed by atoms with Crippen LogP contribution in [0.4, 0.5) is 4.79 Å². The van der Waals surface area contributed by atoms with Gasteiger partial charge in [-0.1, -0.05) is 58.0 Å². The molecular formula is C25H42N5O7S-. The lowest BCUT2D eigenvalue weighted by atomic mass is 9.83. The van der Waals surface area contributed by atoms with Crippen molar-refractivity contribution in [2.45, 2.75) is 96.7 Å². The molecule has 3 atom stereocenters. The second-order valence-electron chi connectivity index (χ2n) is 11.3. The molecule has 12 nitrogen and oxygen atoms in total. The molecule has 0 aromatic carbocycles. The van der Waals surface area contributed by atoms with E-state index in [-0.39, 0.29) is 5.75 Å². The molecule has 1 aliphatic heterocycles. The van der Waals surface area contributed by atoms with Gasteiger partial charge in [-0.3, -0.25) is 23.4 Å². The van der Waals surface area contributed by atoms with Gasteiger partial charge in [0.2, 0.25) is 17.6 Å². The summed E-state index contributed by atoms with van der Waals surface area (Å²) in [7, 11) is 0. The Bertz CT molecular complexity index is 914. The Morgan fingerprint density at radius 2 is 1.71 bits per heavy atom. The van der Waals surface area contributed by atoms with Gasteiger partial charge in [0.1, 0.15) is 12.1 Å².